The number of sulfonamides is 1. The molecule has 17 heavy (non-hydrogen) atoms. The Morgan fingerprint density at radius 1 is 1.35 bits per heavy atom. The smallest absolute Gasteiger partial charge is 0.241 e. The predicted octanol–water partition coefficient (Wildman–Crippen LogP) is -0.0735. The number of rotatable bonds is 2. The van der Waals surface area contributed by atoms with Crippen LogP contribution in [0.5, 0.6) is 0 Å². The largest absolute Gasteiger partial charge is 0.245 e. The topological polar surface area (TPSA) is 104 Å². The van der Waals surface area contributed by atoms with Crippen LogP contribution in [0.15, 0.2) is 23.5 Å². The molecule has 0 aliphatic carbocycles. The monoisotopic (exact) mass is 253 g/mol. The first-order valence-corrected chi connectivity index (χ1v) is 6.31. The van der Waals surface area contributed by atoms with Gasteiger partial charge >= 0.3 is 0 Å². The quantitative estimate of drug-likeness (QED) is 0.806. The summed E-state index contributed by atoms with van der Waals surface area (Å²) in [6.07, 6.45) is 2.91. The number of nitrogens with two attached hydrogens (primary N) is 1. The number of aromatic nitrogens is 4. The molecule has 0 atom stereocenters. The third-order valence-corrected chi connectivity index (χ3v) is 3.45. The molecule has 7 nitrogen and oxygen atoms in total. The minimum atomic E-state index is -3.78. The maximum absolute atomic E-state index is 11.4. The molecule has 90 valence electrons. The molecule has 2 heterocycles. The summed E-state index contributed by atoms with van der Waals surface area (Å²) in [7, 11) is -3.78. The molecule has 2 rings (SSSR count). The van der Waals surface area contributed by atoms with Crippen molar-refractivity contribution >= 4 is 10.0 Å². The van der Waals surface area contributed by atoms with E-state index < -0.39 is 10.0 Å². The molecule has 0 saturated carbocycles. The summed E-state index contributed by atoms with van der Waals surface area (Å²) in [4.78, 5) is 7.82. The lowest BCUT2D eigenvalue weighted by Crippen LogP contribution is -2.14. The zero-order chi connectivity index (χ0) is 12.6. The lowest BCUT2D eigenvalue weighted by Gasteiger charge is -2.02. The van der Waals surface area contributed by atoms with Crippen LogP contribution in [0.1, 0.15) is 11.4 Å². The van der Waals surface area contributed by atoms with Crippen molar-refractivity contribution < 1.29 is 8.42 Å². The molecule has 0 aromatic carbocycles. The van der Waals surface area contributed by atoms with Crippen molar-refractivity contribution in [2.24, 2.45) is 5.14 Å². The minimum absolute atomic E-state index is 0.0381. The van der Waals surface area contributed by atoms with Crippen LogP contribution in [0.2, 0.25) is 0 Å². The van der Waals surface area contributed by atoms with Gasteiger partial charge in [-0.25, -0.2) is 28.2 Å². The summed E-state index contributed by atoms with van der Waals surface area (Å²) < 4.78 is 24.2. The van der Waals surface area contributed by atoms with Crippen LogP contribution in [0.4, 0.5) is 0 Å². The summed E-state index contributed by atoms with van der Waals surface area (Å²) in [6.45, 7) is 3.21. The van der Waals surface area contributed by atoms with Gasteiger partial charge in [0.2, 0.25) is 10.0 Å². The van der Waals surface area contributed by atoms with Gasteiger partial charge in [0.1, 0.15) is 11.2 Å². The number of primary sulfonamides is 1. The molecule has 2 N–H and O–H groups in total. The van der Waals surface area contributed by atoms with E-state index in [0.717, 1.165) is 0 Å². The van der Waals surface area contributed by atoms with Gasteiger partial charge in [0, 0.05) is 12.3 Å². The van der Waals surface area contributed by atoms with E-state index in [1.165, 1.54) is 11.0 Å². The van der Waals surface area contributed by atoms with Gasteiger partial charge in [0.05, 0.1) is 11.4 Å². The highest BCUT2D eigenvalue weighted by molar-refractivity contribution is 7.89. The molecule has 0 amide bonds. The molecule has 8 heteroatoms. The van der Waals surface area contributed by atoms with Gasteiger partial charge in [0.25, 0.3) is 0 Å². The summed E-state index contributed by atoms with van der Waals surface area (Å²) >= 11 is 0. The number of aryl methyl sites for hydroxylation is 1. The summed E-state index contributed by atoms with van der Waals surface area (Å²) in [5, 5.41) is 9.25. The highest BCUT2D eigenvalue weighted by Crippen LogP contribution is 2.19. The van der Waals surface area contributed by atoms with Crippen LogP contribution >= 0.6 is 0 Å². The molecule has 0 fully saturated rings. The van der Waals surface area contributed by atoms with E-state index in [-0.39, 0.29) is 4.90 Å². The molecular weight excluding hydrogens is 242 g/mol. The zero-order valence-corrected chi connectivity index (χ0v) is 10.1. The maximum atomic E-state index is 11.4. The van der Waals surface area contributed by atoms with E-state index in [2.05, 4.69) is 15.1 Å². The van der Waals surface area contributed by atoms with Crippen molar-refractivity contribution in [2.75, 3.05) is 0 Å². The van der Waals surface area contributed by atoms with Crippen LogP contribution in [0.25, 0.3) is 5.82 Å². The van der Waals surface area contributed by atoms with Crippen molar-refractivity contribution in [3.05, 3.63) is 30.0 Å². The van der Waals surface area contributed by atoms with E-state index in [1.807, 2.05) is 0 Å². The highest BCUT2D eigenvalue weighted by Gasteiger charge is 2.21. The second-order valence-electron chi connectivity index (χ2n) is 3.52. The first-order valence-electron chi connectivity index (χ1n) is 4.76. The number of nitrogens with zero attached hydrogens (tertiary/aromatic N) is 4. The van der Waals surface area contributed by atoms with Gasteiger partial charge in [-0.15, -0.1) is 0 Å². The Morgan fingerprint density at radius 2 is 2.06 bits per heavy atom. The standard InChI is InChI=1S/C9H11N5O2S/c1-6-9(17(10,15)16)7(2)14(13-6)8-3-4-11-5-12-8/h3-5H,1-2H3,(H2,10,15,16). The highest BCUT2D eigenvalue weighted by atomic mass is 32.2. The Kier molecular flexibility index (Phi) is 2.68. The third kappa shape index (κ3) is 2.04. The zero-order valence-electron chi connectivity index (χ0n) is 9.32. The average molecular weight is 253 g/mol. The molecule has 0 bridgehead atoms. The van der Waals surface area contributed by atoms with Gasteiger partial charge in [-0.1, -0.05) is 0 Å². The van der Waals surface area contributed by atoms with Crippen LogP contribution < -0.4 is 5.14 Å². The van der Waals surface area contributed by atoms with Gasteiger partial charge in [-0.3, -0.25) is 0 Å². The Labute approximate surface area is 98.4 Å². The van der Waals surface area contributed by atoms with Crippen LogP contribution in [-0.2, 0) is 10.0 Å². The second-order valence-corrected chi connectivity index (χ2v) is 5.02. The normalized spacial score (nSPS) is 11.7. The van der Waals surface area contributed by atoms with Crippen molar-refractivity contribution in [2.45, 2.75) is 18.7 Å². The maximum Gasteiger partial charge on any atom is 0.241 e. The molecule has 2 aromatic rings. The van der Waals surface area contributed by atoms with Crippen molar-refractivity contribution in [3.63, 3.8) is 0 Å². The number of hydrogen-bond donors (Lipinski definition) is 1. The van der Waals surface area contributed by atoms with E-state index in [9.17, 15) is 8.42 Å². The van der Waals surface area contributed by atoms with Crippen molar-refractivity contribution in [3.8, 4) is 5.82 Å². The Hall–Kier alpha value is -1.80. The fourth-order valence-corrected chi connectivity index (χ4v) is 2.62. The fraction of sp³-hybridized carbons (Fsp3) is 0.222. The van der Waals surface area contributed by atoms with Gasteiger partial charge in [0.15, 0.2) is 5.82 Å². The first-order chi connectivity index (χ1) is 7.91. The number of hydrogen-bond acceptors (Lipinski definition) is 5. The van der Waals surface area contributed by atoms with E-state index >= 15 is 0 Å². The molecule has 0 aliphatic heterocycles. The minimum Gasteiger partial charge on any atom is -0.245 e. The van der Waals surface area contributed by atoms with E-state index in [4.69, 9.17) is 5.14 Å². The molecule has 0 saturated heterocycles. The van der Waals surface area contributed by atoms with E-state index in [0.29, 0.717) is 17.2 Å². The predicted molar refractivity (Wildman–Crippen MR) is 60.0 cm³/mol. The lowest BCUT2D eigenvalue weighted by atomic mass is 10.4. The lowest BCUT2D eigenvalue weighted by molar-refractivity contribution is 0.596. The van der Waals surface area contributed by atoms with Gasteiger partial charge in [-0.05, 0) is 13.8 Å². The molecule has 2 aromatic heterocycles. The van der Waals surface area contributed by atoms with E-state index in [1.54, 1.807) is 26.1 Å². The van der Waals surface area contributed by atoms with Crippen molar-refractivity contribution in [1.29, 1.82) is 0 Å². The van der Waals surface area contributed by atoms with Crippen LogP contribution in [-0.4, -0.2) is 28.2 Å². The Bertz CT molecular complexity index is 648. The third-order valence-electron chi connectivity index (χ3n) is 2.29. The van der Waals surface area contributed by atoms with Gasteiger partial charge < -0.3 is 0 Å². The summed E-state index contributed by atoms with van der Waals surface area (Å²) in [5.74, 6) is 0.496. The second kappa shape index (κ2) is 3.90. The Balaban J connectivity index is 2.69. The van der Waals surface area contributed by atoms with Crippen LogP contribution in [0, 0.1) is 13.8 Å². The van der Waals surface area contributed by atoms with Crippen LogP contribution in [0.3, 0.4) is 0 Å². The van der Waals surface area contributed by atoms with Crippen molar-refractivity contribution in [1.82, 2.24) is 19.7 Å². The molecule has 0 radical (unpaired) electrons. The molecular formula is C9H11N5O2S. The SMILES string of the molecule is Cc1nn(-c2ccncn2)c(C)c1S(N)(=O)=O. The average Bonchev–Trinajstić information content (AvgIpc) is 2.54. The summed E-state index contributed by atoms with van der Waals surface area (Å²) in [5.41, 5.74) is 0.785. The fourth-order valence-electron chi connectivity index (χ4n) is 1.67. The molecule has 0 aliphatic rings. The Morgan fingerprint density at radius 3 is 2.53 bits per heavy atom. The first kappa shape index (κ1) is 11.7. The van der Waals surface area contributed by atoms with Gasteiger partial charge in [-0.2, -0.15) is 5.10 Å². The molecule has 0 spiro atoms. The summed E-state index contributed by atoms with van der Waals surface area (Å²) in [6, 6.07) is 1.63. The molecule has 0 unspecified atom stereocenters.